The summed E-state index contributed by atoms with van der Waals surface area (Å²) in [5, 5.41) is 6.69. The Morgan fingerprint density at radius 3 is 2.67 bits per heavy atom. The number of hydrogen-bond donors (Lipinski definition) is 1. The highest BCUT2D eigenvalue weighted by Crippen LogP contribution is 2.25. The summed E-state index contributed by atoms with van der Waals surface area (Å²) in [5.74, 6) is -0.648. The van der Waals surface area contributed by atoms with Gasteiger partial charge < -0.3 is 0 Å². The van der Waals surface area contributed by atoms with E-state index < -0.39 is 0 Å². The zero-order chi connectivity index (χ0) is 18.6. The van der Waals surface area contributed by atoms with Gasteiger partial charge in [0.1, 0.15) is 5.82 Å². The number of nitrogens with one attached hydrogen (secondary N) is 1. The van der Waals surface area contributed by atoms with Gasteiger partial charge in [-0.2, -0.15) is 5.10 Å². The maximum absolute atomic E-state index is 13.2. The molecule has 6 heteroatoms. The molecule has 4 aromatic rings. The molecule has 4 nitrogen and oxygen atoms in total. The minimum Gasteiger partial charge on any atom is -0.267 e. The van der Waals surface area contributed by atoms with Crippen molar-refractivity contribution in [2.75, 3.05) is 0 Å². The van der Waals surface area contributed by atoms with Crippen LogP contribution < -0.4 is 5.43 Å². The van der Waals surface area contributed by atoms with Gasteiger partial charge in [-0.05, 0) is 47.8 Å². The largest absolute Gasteiger partial charge is 0.272 e. The topological polar surface area (TPSA) is 54.4 Å². The highest BCUT2D eigenvalue weighted by atomic mass is 32.1. The van der Waals surface area contributed by atoms with Crippen LogP contribution in [0.2, 0.25) is 0 Å². The first kappa shape index (κ1) is 17.1. The molecule has 0 aliphatic rings. The van der Waals surface area contributed by atoms with Crippen LogP contribution in [-0.4, -0.2) is 17.1 Å². The van der Waals surface area contributed by atoms with Gasteiger partial charge in [0.2, 0.25) is 0 Å². The van der Waals surface area contributed by atoms with Crippen LogP contribution in [-0.2, 0) is 0 Å². The van der Waals surface area contributed by atoms with Crippen LogP contribution in [0.1, 0.15) is 15.2 Å². The van der Waals surface area contributed by atoms with E-state index in [1.807, 2.05) is 41.8 Å². The third-order valence-electron chi connectivity index (χ3n) is 4.00. The second-order valence-corrected chi connectivity index (χ2v) is 6.77. The fraction of sp³-hybridized carbons (Fsp3) is 0. The highest BCUT2D eigenvalue weighted by molar-refractivity contribution is 7.11. The molecule has 27 heavy (non-hydrogen) atoms. The molecule has 0 saturated carbocycles. The summed E-state index contributed by atoms with van der Waals surface area (Å²) in [7, 11) is 0. The molecule has 4 rings (SSSR count). The molecule has 1 amide bonds. The van der Waals surface area contributed by atoms with Gasteiger partial charge in [0, 0.05) is 15.8 Å². The molecule has 0 unspecified atom stereocenters. The predicted octanol–water partition coefficient (Wildman–Crippen LogP) is 4.87. The van der Waals surface area contributed by atoms with E-state index in [1.165, 1.54) is 23.5 Å². The summed E-state index contributed by atoms with van der Waals surface area (Å²) >= 11 is 1.53. The van der Waals surface area contributed by atoms with Crippen molar-refractivity contribution in [2.45, 2.75) is 0 Å². The quantitative estimate of drug-likeness (QED) is 0.409. The monoisotopic (exact) mass is 375 g/mol. The second kappa shape index (κ2) is 7.47. The Bertz CT molecular complexity index is 1120. The Hall–Kier alpha value is -3.38. The maximum atomic E-state index is 13.2. The number of para-hydroxylation sites is 1. The number of pyridine rings is 1. The standard InChI is InChI=1S/C21H14FN3OS/c22-15-9-7-14(8-10-15)20-12-18(17-5-1-2-6-19(17)24-20)21(26)25-23-13-16-4-3-11-27-16/h1-13H,(H,25,26)/b23-13-. The lowest BCUT2D eigenvalue weighted by Crippen LogP contribution is -2.18. The van der Waals surface area contributed by atoms with Gasteiger partial charge in [0.05, 0.1) is 23.0 Å². The SMILES string of the molecule is O=C(N/N=C\c1cccs1)c1cc(-c2ccc(F)cc2)nc2ccccc12. The minimum atomic E-state index is -0.329. The molecule has 0 saturated heterocycles. The first-order valence-corrected chi connectivity index (χ1v) is 9.11. The average Bonchev–Trinajstić information content (AvgIpc) is 3.21. The Balaban J connectivity index is 1.71. The summed E-state index contributed by atoms with van der Waals surface area (Å²) in [6.45, 7) is 0. The molecule has 2 aromatic heterocycles. The molecular weight excluding hydrogens is 361 g/mol. The zero-order valence-electron chi connectivity index (χ0n) is 14.1. The minimum absolute atomic E-state index is 0.319. The van der Waals surface area contributed by atoms with Crippen molar-refractivity contribution < 1.29 is 9.18 Å². The number of benzene rings is 2. The van der Waals surface area contributed by atoms with E-state index in [2.05, 4.69) is 15.5 Å². The molecule has 0 aliphatic carbocycles. The summed E-state index contributed by atoms with van der Waals surface area (Å²) < 4.78 is 13.2. The molecule has 132 valence electrons. The Kier molecular flexibility index (Phi) is 4.72. The molecule has 0 aliphatic heterocycles. The van der Waals surface area contributed by atoms with Crippen LogP contribution in [0.25, 0.3) is 22.2 Å². The number of carbonyl (C=O) groups excluding carboxylic acids is 1. The van der Waals surface area contributed by atoms with E-state index in [0.29, 0.717) is 16.8 Å². The number of thiophene rings is 1. The van der Waals surface area contributed by atoms with Gasteiger partial charge >= 0.3 is 0 Å². The van der Waals surface area contributed by atoms with E-state index in [9.17, 15) is 9.18 Å². The van der Waals surface area contributed by atoms with Gasteiger partial charge in [-0.25, -0.2) is 14.8 Å². The van der Waals surface area contributed by atoms with Crippen LogP contribution in [0.15, 0.2) is 77.2 Å². The smallest absolute Gasteiger partial charge is 0.267 e. The predicted molar refractivity (Wildman–Crippen MR) is 107 cm³/mol. The number of hydrogen-bond acceptors (Lipinski definition) is 4. The van der Waals surface area contributed by atoms with Crippen molar-refractivity contribution in [3.05, 3.63) is 88.4 Å². The van der Waals surface area contributed by atoms with Crippen molar-refractivity contribution in [3.63, 3.8) is 0 Å². The molecule has 0 spiro atoms. The van der Waals surface area contributed by atoms with E-state index in [4.69, 9.17) is 0 Å². The third-order valence-corrected chi connectivity index (χ3v) is 4.81. The van der Waals surface area contributed by atoms with Crippen LogP contribution >= 0.6 is 11.3 Å². The van der Waals surface area contributed by atoms with Crippen molar-refractivity contribution in [1.29, 1.82) is 0 Å². The van der Waals surface area contributed by atoms with Gasteiger partial charge in [-0.15, -0.1) is 11.3 Å². The van der Waals surface area contributed by atoms with E-state index >= 15 is 0 Å². The first-order valence-electron chi connectivity index (χ1n) is 8.23. The second-order valence-electron chi connectivity index (χ2n) is 5.79. The number of rotatable bonds is 4. The van der Waals surface area contributed by atoms with Crippen molar-refractivity contribution in [3.8, 4) is 11.3 Å². The van der Waals surface area contributed by atoms with Gasteiger partial charge in [-0.1, -0.05) is 24.3 Å². The summed E-state index contributed by atoms with van der Waals surface area (Å²) in [6.07, 6.45) is 1.60. The zero-order valence-corrected chi connectivity index (χ0v) is 14.9. The van der Waals surface area contributed by atoms with Crippen LogP contribution in [0, 0.1) is 5.82 Å². The fourth-order valence-electron chi connectivity index (χ4n) is 2.71. The lowest BCUT2D eigenvalue weighted by Gasteiger charge is -2.09. The number of hydrazone groups is 1. The molecule has 0 atom stereocenters. The van der Waals surface area contributed by atoms with Crippen molar-refractivity contribution in [1.82, 2.24) is 10.4 Å². The van der Waals surface area contributed by atoms with Gasteiger partial charge in [0.25, 0.3) is 5.91 Å². The van der Waals surface area contributed by atoms with Crippen molar-refractivity contribution in [2.24, 2.45) is 5.10 Å². The molecule has 0 fully saturated rings. The Labute approximate surface area is 159 Å². The third kappa shape index (κ3) is 3.75. The van der Waals surface area contributed by atoms with Gasteiger partial charge in [-0.3, -0.25) is 4.79 Å². The highest BCUT2D eigenvalue weighted by Gasteiger charge is 2.13. The summed E-state index contributed by atoms with van der Waals surface area (Å²) in [4.78, 5) is 18.3. The van der Waals surface area contributed by atoms with Crippen molar-refractivity contribution >= 4 is 34.4 Å². The van der Waals surface area contributed by atoms with E-state index in [0.717, 1.165) is 15.8 Å². The van der Waals surface area contributed by atoms with Crippen LogP contribution in [0.4, 0.5) is 4.39 Å². The van der Waals surface area contributed by atoms with E-state index in [1.54, 1.807) is 24.4 Å². The Morgan fingerprint density at radius 1 is 1.07 bits per heavy atom. The number of aromatic nitrogens is 1. The normalized spacial score (nSPS) is 11.1. The van der Waals surface area contributed by atoms with Gasteiger partial charge in [0.15, 0.2) is 0 Å². The average molecular weight is 375 g/mol. The van der Waals surface area contributed by atoms with Crippen LogP contribution in [0.5, 0.6) is 0 Å². The summed E-state index contributed by atoms with van der Waals surface area (Å²) in [6, 6.07) is 19.0. The first-order chi connectivity index (χ1) is 13.2. The lowest BCUT2D eigenvalue weighted by molar-refractivity contribution is 0.0956. The number of fused-ring (bicyclic) bond motifs is 1. The molecule has 1 N–H and O–H groups in total. The lowest BCUT2D eigenvalue weighted by atomic mass is 10.0. The number of amides is 1. The van der Waals surface area contributed by atoms with Crippen LogP contribution in [0.3, 0.4) is 0 Å². The Morgan fingerprint density at radius 2 is 1.89 bits per heavy atom. The maximum Gasteiger partial charge on any atom is 0.272 e. The number of carbonyl (C=O) groups is 1. The molecule has 0 bridgehead atoms. The summed E-state index contributed by atoms with van der Waals surface area (Å²) in [5.41, 5.74) is 5.05. The fourth-order valence-corrected chi connectivity index (χ4v) is 3.30. The molecule has 2 heterocycles. The van der Waals surface area contributed by atoms with E-state index in [-0.39, 0.29) is 11.7 Å². The molecule has 2 aromatic carbocycles. The molecule has 0 radical (unpaired) electrons. The molecular formula is C21H14FN3OS. The number of nitrogens with zero attached hydrogens (tertiary/aromatic N) is 2. The number of halogens is 1.